The van der Waals surface area contributed by atoms with E-state index in [-0.39, 0.29) is 18.3 Å². The highest BCUT2D eigenvalue weighted by Gasteiger charge is 2.13. The third kappa shape index (κ3) is 3.81. The summed E-state index contributed by atoms with van der Waals surface area (Å²) < 4.78 is 12.7. The number of fused-ring (bicyclic) bond motifs is 2. The lowest BCUT2D eigenvalue weighted by atomic mass is 10.0. The molecule has 0 N–H and O–H groups in total. The standard InChI is InChI=1S/C21H17NO4S2/c1-12-7-8-15-14(9-18(23)26-20(15)13(12)2)10-25-19(24)11-27-21-22-16-5-3-4-6-17(16)28-21/h3-9H,10-11H2,1-2H3. The van der Waals surface area contributed by atoms with Gasteiger partial charge in [-0.2, -0.15) is 0 Å². The van der Waals surface area contributed by atoms with Gasteiger partial charge in [0.2, 0.25) is 0 Å². The number of thioether (sulfide) groups is 1. The van der Waals surface area contributed by atoms with Crippen LogP contribution in [-0.4, -0.2) is 16.7 Å². The average molecular weight is 412 g/mol. The van der Waals surface area contributed by atoms with E-state index in [1.807, 2.05) is 50.2 Å². The van der Waals surface area contributed by atoms with Gasteiger partial charge in [-0.05, 0) is 37.1 Å². The van der Waals surface area contributed by atoms with Crippen molar-refractivity contribution in [1.82, 2.24) is 4.98 Å². The van der Waals surface area contributed by atoms with E-state index in [4.69, 9.17) is 9.15 Å². The molecule has 4 rings (SSSR count). The number of rotatable bonds is 5. The largest absolute Gasteiger partial charge is 0.460 e. The lowest BCUT2D eigenvalue weighted by Gasteiger charge is -2.09. The van der Waals surface area contributed by atoms with Crippen LogP contribution in [0.15, 0.2) is 56.0 Å². The summed E-state index contributed by atoms with van der Waals surface area (Å²) in [5.41, 5.74) is 3.62. The van der Waals surface area contributed by atoms with Crippen molar-refractivity contribution in [3.05, 3.63) is 69.6 Å². The molecular formula is C21H17NO4S2. The van der Waals surface area contributed by atoms with Crippen LogP contribution in [0.5, 0.6) is 0 Å². The molecule has 0 unspecified atom stereocenters. The predicted molar refractivity (Wildman–Crippen MR) is 112 cm³/mol. The van der Waals surface area contributed by atoms with Crippen molar-refractivity contribution in [3.63, 3.8) is 0 Å². The normalized spacial score (nSPS) is 11.2. The number of hydrogen-bond acceptors (Lipinski definition) is 7. The van der Waals surface area contributed by atoms with Gasteiger partial charge < -0.3 is 9.15 Å². The van der Waals surface area contributed by atoms with Crippen LogP contribution in [-0.2, 0) is 16.1 Å². The SMILES string of the molecule is Cc1ccc2c(COC(=O)CSc3nc4ccccc4s3)cc(=O)oc2c1C. The number of ether oxygens (including phenoxy) is 1. The first-order chi connectivity index (χ1) is 13.5. The molecule has 0 saturated heterocycles. The Morgan fingerprint density at radius 2 is 2.04 bits per heavy atom. The summed E-state index contributed by atoms with van der Waals surface area (Å²) in [6, 6.07) is 13.1. The van der Waals surface area contributed by atoms with Gasteiger partial charge >= 0.3 is 11.6 Å². The van der Waals surface area contributed by atoms with Crippen molar-refractivity contribution in [2.24, 2.45) is 0 Å². The fraction of sp³-hybridized carbons (Fsp3) is 0.190. The third-order valence-corrected chi connectivity index (χ3v) is 6.65. The topological polar surface area (TPSA) is 69.4 Å². The van der Waals surface area contributed by atoms with Gasteiger partial charge in [-0.15, -0.1) is 11.3 Å². The number of thiazole rings is 1. The van der Waals surface area contributed by atoms with Crippen LogP contribution in [0.2, 0.25) is 0 Å². The lowest BCUT2D eigenvalue weighted by Crippen LogP contribution is -2.09. The number of hydrogen-bond donors (Lipinski definition) is 0. The number of benzene rings is 2. The molecule has 0 atom stereocenters. The number of carbonyl (C=O) groups excluding carboxylic acids is 1. The van der Waals surface area contributed by atoms with E-state index >= 15 is 0 Å². The first-order valence-corrected chi connectivity index (χ1v) is 10.5. The molecule has 7 heteroatoms. The second-order valence-electron chi connectivity index (χ2n) is 6.37. The smallest absolute Gasteiger partial charge is 0.336 e. The summed E-state index contributed by atoms with van der Waals surface area (Å²) in [6.07, 6.45) is 0. The first kappa shape index (κ1) is 18.7. The van der Waals surface area contributed by atoms with Gasteiger partial charge in [0.05, 0.1) is 16.0 Å². The maximum atomic E-state index is 12.2. The fourth-order valence-corrected chi connectivity index (χ4v) is 4.74. The Labute approximate surface area is 169 Å². The molecule has 2 aromatic heterocycles. The Kier molecular flexibility index (Phi) is 5.19. The molecule has 2 aromatic carbocycles. The minimum absolute atomic E-state index is 0.0316. The van der Waals surface area contributed by atoms with Gasteiger partial charge in [-0.3, -0.25) is 4.79 Å². The summed E-state index contributed by atoms with van der Waals surface area (Å²) in [7, 11) is 0. The molecule has 142 valence electrons. The molecule has 4 aromatic rings. The van der Waals surface area contributed by atoms with Crippen LogP contribution in [0, 0.1) is 13.8 Å². The van der Waals surface area contributed by atoms with E-state index in [1.54, 1.807) is 11.3 Å². The van der Waals surface area contributed by atoms with E-state index in [2.05, 4.69) is 4.98 Å². The van der Waals surface area contributed by atoms with Gasteiger partial charge in [-0.25, -0.2) is 9.78 Å². The van der Waals surface area contributed by atoms with Gasteiger partial charge in [0.15, 0.2) is 4.34 Å². The monoisotopic (exact) mass is 411 g/mol. The maximum absolute atomic E-state index is 12.2. The van der Waals surface area contributed by atoms with E-state index in [9.17, 15) is 9.59 Å². The molecule has 0 aliphatic carbocycles. The third-order valence-electron chi connectivity index (χ3n) is 4.49. The summed E-state index contributed by atoms with van der Waals surface area (Å²) in [4.78, 5) is 28.6. The highest BCUT2D eigenvalue weighted by Crippen LogP contribution is 2.29. The average Bonchev–Trinajstić information content (AvgIpc) is 3.10. The molecule has 0 radical (unpaired) electrons. The molecule has 2 heterocycles. The number of esters is 1. The molecule has 5 nitrogen and oxygen atoms in total. The van der Waals surface area contributed by atoms with Crippen molar-refractivity contribution in [1.29, 1.82) is 0 Å². The second-order valence-corrected chi connectivity index (χ2v) is 8.62. The lowest BCUT2D eigenvalue weighted by molar-refractivity contribution is -0.141. The van der Waals surface area contributed by atoms with Gasteiger partial charge in [0, 0.05) is 17.0 Å². The molecule has 0 amide bonds. The summed E-state index contributed by atoms with van der Waals surface area (Å²) in [6.45, 7) is 3.90. The molecule has 0 bridgehead atoms. The number of para-hydroxylation sites is 1. The minimum atomic E-state index is -0.448. The maximum Gasteiger partial charge on any atom is 0.336 e. The van der Waals surface area contributed by atoms with Crippen LogP contribution >= 0.6 is 23.1 Å². The van der Waals surface area contributed by atoms with Gasteiger partial charge in [0.1, 0.15) is 12.2 Å². The number of aromatic nitrogens is 1. The van der Waals surface area contributed by atoms with E-state index in [1.165, 1.54) is 17.8 Å². The van der Waals surface area contributed by atoms with Crippen molar-refractivity contribution in [2.75, 3.05) is 5.75 Å². The predicted octanol–water partition coefficient (Wildman–Crippen LogP) is 4.86. The zero-order valence-corrected chi connectivity index (χ0v) is 17.0. The van der Waals surface area contributed by atoms with E-state index in [0.717, 1.165) is 31.1 Å². The molecule has 28 heavy (non-hydrogen) atoms. The Hall–Kier alpha value is -2.64. The van der Waals surface area contributed by atoms with Gasteiger partial charge in [0.25, 0.3) is 0 Å². The van der Waals surface area contributed by atoms with Crippen LogP contribution in [0.4, 0.5) is 0 Å². The molecule has 0 fully saturated rings. The fourth-order valence-electron chi connectivity index (χ4n) is 2.88. The summed E-state index contributed by atoms with van der Waals surface area (Å²) in [5, 5.41) is 0.786. The summed E-state index contributed by atoms with van der Waals surface area (Å²) >= 11 is 2.90. The van der Waals surface area contributed by atoms with Crippen molar-refractivity contribution < 1.29 is 13.9 Å². The van der Waals surface area contributed by atoms with Crippen LogP contribution < -0.4 is 5.63 Å². The first-order valence-electron chi connectivity index (χ1n) is 8.68. The highest BCUT2D eigenvalue weighted by atomic mass is 32.2. The zero-order valence-electron chi connectivity index (χ0n) is 15.4. The summed E-state index contributed by atoms with van der Waals surface area (Å²) in [5.74, 6) is -0.188. The van der Waals surface area contributed by atoms with Crippen molar-refractivity contribution in [2.45, 2.75) is 24.8 Å². The second kappa shape index (κ2) is 7.77. The highest BCUT2D eigenvalue weighted by molar-refractivity contribution is 8.01. The van der Waals surface area contributed by atoms with Crippen molar-refractivity contribution >= 4 is 50.3 Å². The molecular weight excluding hydrogens is 394 g/mol. The van der Waals surface area contributed by atoms with Crippen LogP contribution in [0.1, 0.15) is 16.7 Å². The molecule has 0 aliphatic rings. The van der Waals surface area contributed by atoms with E-state index < -0.39 is 5.63 Å². The van der Waals surface area contributed by atoms with Crippen molar-refractivity contribution in [3.8, 4) is 0 Å². The van der Waals surface area contributed by atoms with Gasteiger partial charge in [-0.1, -0.05) is 36.0 Å². The number of aryl methyl sites for hydroxylation is 2. The number of nitrogens with zero attached hydrogens (tertiary/aromatic N) is 1. The Balaban J connectivity index is 1.44. The molecule has 0 spiro atoms. The Bertz CT molecular complexity index is 1210. The quantitative estimate of drug-likeness (QED) is 0.265. The minimum Gasteiger partial charge on any atom is -0.460 e. The number of carbonyl (C=O) groups is 1. The van der Waals surface area contributed by atoms with Crippen LogP contribution in [0.3, 0.4) is 0 Å². The van der Waals surface area contributed by atoms with E-state index in [0.29, 0.717) is 11.1 Å². The van der Waals surface area contributed by atoms with Crippen LogP contribution in [0.25, 0.3) is 21.2 Å². The zero-order chi connectivity index (χ0) is 19.7. The Morgan fingerprint density at radius 1 is 1.21 bits per heavy atom. The molecule has 0 aliphatic heterocycles. The Morgan fingerprint density at radius 3 is 2.86 bits per heavy atom. The molecule has 0 saturated carbocycles.